The molecule has 1 aliphatic rings. The summed E-state index contributed by atoms with van der Waals surface area (Å²) in [7, 11) is 0. The molecule has 0 spiro atoms. The van der Waals surface area contributed by atoms with Crippen LogP contribution in [0, 0.1) is 0 Å². The van der Waals surface area contributed by atoms with Gasteiger partial charge in [-0.1, -0.05) is 11.6 Å². The highest BCUT2D eigenvalue weighted by atomic mass is 35.5. The van der Waals surface area contributed by atoms with Gasteiger partial charge in [0.1, 0.15) is 0 Å². The highest BCUT2D eigenvalue weighted by molar-refractivity contribution is 7.80. The molecular formula is C11H12ClN3O2S. The van der Waals surface area contributed by atoms with Gasteiger partial charge in [0.25, 0.3) is 0 Å². The molecule has 0 aliphatic carbocycles. The Morgan fingerprint density at radius 3 is 2.94 bits per heavy atom. The number of thiocarbonyl (C=S) groups is 1. The summed E-state index contributed by atoms with van der Waals surface area (Å²) in [5.74, 6) is 1.31. The van der Waals surface area contributed by atoms with Gasteiger partial charge in [0.05, 0.1) is 11.2 Å². The standard InChI is InChI=1S/C11H12ClN3O2S/c1-2-13-11(18)15-14-5-7-3-9-10(4-8(7)12)17-6-16-9/h3-5H,2,6H2,1H3,(H2,13,15,18)/b14-5-. The molecule has 1 heterocycles. The summed E-state index contributed by atoms with van der Waals surface area (Å²) in [6.45, 7) is 2.91. The lowest BCUT2D eigenvalue weighted by Gasteiger charge is -2.04. The molecule has 0 saturated carbocycles. The zero-order valence-corrected chi connectivity index (χ0v) is 11.3. The van der Waals surface area contributed by atoms with E-state index in [1.54, 1.807) is 18.3 Å². The molecule has 0 radical (unpaired) electrons. The molecule has 0 saturated heterocycles. The Labute approximate surface area is 115 Å². The zero-order valence-electron chi connectivity index (χ0n) is 9.70. The Kier molecular flexibility index (Phi) is 4.22. The molecule has 0 atom stereocenters. The predicted molar refractivity (Wildman–Crippen MR) is 74.6 cm³/mol. The molecule has 7 heteroatoms. The van der Waals surface area contributed by atoms with E-state index in [0.29, 0.717) is 21.6 Å². The third-order valence-corrected chi connectivity index (χ3v) is 2.76. The monoisotopic (exact) mass is 285 g/mol. The van der Waals surface area contributed by atoms with E-state index >= 15 is 0 Å². The van der Waals surface area contributed by atoms with Crippen molar-refractivity contribution in [1.82, 2.24) is 10.7 Å². The number of hydrogen-bond donors (Lipinski definition) is 2. The van der Waals surface area contributed by atoms with Gasteiger partial charge in [-0.2, -0.15) is 5.10 Å². The fraction of sp³-hybridized carbons (Fsp3) is 0.273. The molecule has 96 valence electrons. The van der Waals surface area contributed by atoms with Gasteiger partial charge >= 0.3 is 0 Å². The number of nitrogens with zero attached hydrogens (tertiary/aromatic N) is 1. The van der Waals surface area contributed by atoms with Crippen molar-refractivity contribution in [2.24, 2.45) is 5.10 Å². The number of ether oxygens (including phenoxy) is 2. The Morgan fingerprint density at radius 1 is 1.50 bits per heavy atom. The number of rotatable bonds is 3. The average Bonchev–Trinajstić information content (AvgIpc) is 2.76. The first-order valence-electron chi connectivity index (χ1n) is 5.36. The van der Waals surface area contributed by atoms with Crippen LogP contribution in [0.1, 0.15) is 12.5 Å². The maximum atomic E-state index is 6.08. The molecular weight excluding hydrogens is 274 g/mol. The van der Waals surface area contributed by atoms with E-state index in [9.17, 15) is 0 Å². The van der Waals surface area contributed by atoms with Gasteiger partial charge in [0, 0.05) is 18.2 Å². The van der Waals surface area contributed by atoms with E-state index in [-0.39, 0.29) is 6.79 Å². The SMILES string of the molecule is CCNC(=S)N/N=C\c1cc2c(cc1Cl)OCO2. The van der Waals surface area contributed by atoms with E-state index in [1.165, 1.54) is 0 Å². The van der Waals surface area contributed by atoms with Crippen LogP contribution in [-0.2, 0) is 0 Å². The van der Waals surface area contributed by atoms with E-state index in [1.807, 2.05) is 6.92 Å². The van der Waals surface area contributed by atoms with Crippen molar-refractivity contribution in [3.63, 3.8) is 0 Å². The molecule has 2 rings (SSSR count). The summed E-state index contributed by atoms with van der Waals surface area (Å²) in [4.78, 5) is 0. The minimum Gasteiger partial charge on any atom is -0.454 e. The summed E-state index contributed by atoms with van der Waals surface area (Å²) < 4.78 is 10.5. The highest BCUT2D eigenvalue weighted by Gasteiger charge is 2.15. The molecule has 1 aliphatic heterocycles. The third-order valence-electron chi connectivity index (χ3n) is 2.20. The Morgan fingerprint density at radius 2 is 2.22 bits per heavy atom. The van der Waals surface area contributed by atoms with E-state index in [4.69, 9.17) is 33.3 Å². The molecule has 0 aromatic heterocycles. The topological polar surface area (TPSA) is 54.9 Å². The van der Waals surface area contributed by atoms with Gasteiger partial charge in [0.15, 0.2) is 16.6 Å². The van der Waals surface area contributed by atoms with Crippen molar-refractivity contribution in [2.45, 2.75) is 6.92 Å². The third kappa shape index (κ3) is 3.02. The van der Waals surface area contributed by atoms with Crippen LogP contribution >= 0.6 is 23.8 Å². The Bertz CT molecular complexity index is 493. The van der Waals surface area contributed by atoms with Crippen LogP contribution in [-0.4, -0.2) is 24.7 Å². The molecule has 0 bridgehead atoms. The number of nitrogens with one attached hydrogen (secondary N) is 2. The second-order valence-electron chi connectivity index (χ2n) is 3.46. The molecule has 0 fully saturated rings. The fourth-order valence-corrected chi connectivity index (χ4v) is 1.79. The van der Waals surface area contributed by atoms with Gasteiger partial charge in [0.2, 0.25) is 6.79 Å². The Balaban J connectivity index is 2.05. The van der Waals surface area contributed by atoms with E-state index in [0.717, 1.165) is 12.1 Å². The highest BCUT2D eigenvalue weighted by Crippen LogP contribution is 2.36. The zero-order chi connectivity index (χ0) is 13.0. The second-order valence-corrected chi connectivity index (χ2v) is 4.27. The van der Waals surface area contributed by atoms with Gasteiger partial charge in [-0.05, 0) is 25.2 Å². The summed E-state index contributed by atoms with van der Waals surface area (Å²) in [6, 6.07) is 3.47. The molecule has 1 aromatic carbocycles. The maximum absolute atomic E-state index is 6.08. The van der Waals surface area contributed by atoms with Crippen molar-refractivity contribution >= 4 is 35.1 Å². The first kappa shape index (κ1) is 12.9. The Hall–Kier alpha value is -1.53. The quantitative estimate of drug-likeness (QED) is 0.505. The summed E-state index contributed by atoms with van der Waals surface area (Å²) in [5, 5.41) is 7.91. The molecule has 0 unspecified atom stereocenters. The summed E-state index contributed by atoms with van der Waals surface area (Å²) >= 11 is 11.0. The van der Waals surface area contributed by atoms with Crippen LogP contribution in [0.25, 0.3) is 0 Å². The van der Waals surface area contributed by atoms with Gasteiger partial charge < -0.3 is 14.8 Å². The van der Waals surface area contributed by atoms with Crippen LogP contribution in [0.3, 0.4) is 0 Å². The van der Waals surface area contributed by atoms with Crippen molar-refractivity contribution in [3.8, 4) is 11.5 Å². The fourth-order valence-electron chi connectivity index (χ4n) is 1.39. The number of fused-ring (bicyclic) bond motifs is 1. The number of hydrogen-bond acceptors (Lipinski definition) is 4. The summed E-state index contributed by atoms with van der Waals surface area (Å²) in [6.07, 6.45) is 1.58. The van der Waals surface area contributed by atoms with Crippen molar-refractivity contribution < 1.29 is 9.47 Å². The minimum atomic E-state index is 0.217. The molecule has 5 nitrogen and oxygen atoms in total. The van der Waals surface area contributed by atoms with E-state index < -0.39 is 0 Å². The van der Waals surface area contributed by atoms with Gasteiger partial charge in [-0.15, -0.1) is 0 Å². The van der Waals surface area contributed by atoms with Crippen LogP contribution in [0.2, 0.25) is 5.02 Å². The number of halogens is 1. The average molecular weight is 286 g/mol. The normalized spacial score (nSPS) is 12.8. The molecule has 2 N–H and O–H groups in total. The lowest BCUT2D eigenvalue weighted by Crippen LogP contribution is -2.31. The lowest BCUT2D eigenvalue weighted by atomic mass is 10.2. The first-order valence-corrected chi connectivity index (χ1v) is 6.15. The van der Waals surface area contributed by atoms with Crippen molar-refractivity contribution in [2.75, 3.05) is 13.3 Å². The number of hydrazone groups is 1. The smallest absolute Gasteiger partial charge is 0.231 e. The van der Waals surface area contributed by atoms with Crippen molar-refractivity contribution in [3.05, 3.63) is 22.7 Å². The first-order chi connectivity index (χ1) is 8.70. The molecule has 0 amide bonds. The predicted octanol–water partition coefficient (Wildman–Crippen LogP) is 1.89. The molecule has 18 heavy (non-hydrogen) atoms. The van der Waals surface area contributed by atoms with E-state index in [2.05, 4.69) is 15.8 Å². The van der Waals surface area contributed by atoms with Crippen LogP contribution in [0.4, 0.5) is 0 Å². The maximum Gasteiger partial charge on any atom is 0.231 e. The summed E-state index contributed by atoms with van der Waals surface area (Å²) in [5.41, 5.74) is 3.42. The van der Waals surface area contributed by atoms with Gasteiger partial charge in [-0.25, -0.2) is 0 Å². The lowest BCUT2D eigenvalue weighted by molar-refractivity contribution is 0.174. The van der Waals surface area contributed by atoms with Crippen LogP contribution in [0.5, 0.6) is 11.5 Å². The number of benzene rings is 1. The van der Waals surface area contributed by atoms with Gasteiger partial charge in [-0.3, -0.25) is 5.43 Å². The second kappa shape index (κ2) is 5.88. The van der Waals surface area contributed by atoms with Crippen LogP contribution in [0.15, 0.2) is 17.2 Å². The largest absolute Gasteiger partial charge is 0.454 e. The van der Waals surface area contributed by atoms with Crippen LogP contribution < -0.4 is 20.2 Å². The molecule has 1 aromatic rings. The van der Waals surface area contributed by atoms with Crippen molar-refractivity contribution in [1.29, 1.82) is 0 Å². The minimum absolute atomic E-state index is 0.217.